The first kappa shape index (κ1) is 16.3. The van der Waals surface area contributed by atoms with E-state index in [0.717, 1.165) is 5.56 Å². The molecule has 0 saturated heterocycles. The molecular weight excluding hydrogens is 327 g/mol. The van der Waals surface area contributed by atoms with Gasteiger partial charge in [0.2, 0.25) is 0 Å². The summed E-state index contributed by atoms with van der Waals surface area (Å²) in [5.74, 6) is -0.661. The van der Waals surface area contributed by atoms with E-state index in [1.807, 2.05) is 0 Å². The minimum atomic E-state index is -0.612. The first-order chi connectivity index (χ1) is 12.0. The number of nitrogens with zero attached hydrogens (tertiary/aromatic N) is 3. The molecule has 0 bridgehead atoms. The van der Waals surface area contributed by atoms with Crippen molar-refractivity contribution in [3.63, 3.8) is 0 Å². The number of para-hydroxylation sites is 1. The van der Waals surface area contributed by atoms with Gasteiger partial charge in [0.25, 0.3) is 11.6 Å². The molecule has 3 aromatic rings. The number of nitrogens with one attached hydrogen (secondary N) is 1. The first-order valence-corrected chi connectivity index (χ1v) is 7.35. The number of carbonyl (C=O) groups excluding carboxylic acids is 1. The van der Waals surface area contributed by atoms with Gasteiger partial charge in [-0.05, 0) is 23.8 Å². The molecule has 1 N–H and O–H groups in total. The van der Waals surface area contributed by atoms with E-state index in [1.165, 1.54) is 30.3 Å². The standard InChI is InChI=1S/C17H13FN4O3/c18-13-7-5-12(6-8-13)11-21-10-9-16(20-21)19-17(23)14-3-1-2-4-15(14)22(24)25/h1-10H,11H2,(H,19,20,23). The number of anilines is 1. The molecule has 3 rings (SSSR count). The van der Waals surface area contributed by atoms with Crippen LogP contribution in [0.25, 0.3) is 0 Å². The highest BCUT2D eigenvalue weighted by atomic mass is 19.1. The number of hydrogen-bond donors (Lipinski definition) is 1. The lowest BCUT2D eigenvalue weighted by atomic mass is 10.1. The van der Waals surface area contributed by atoms with E-state index < -0.39 is 10.8 Å². The van der Waals surface area contributed by atoms with Gasteiger partial charge in [-0.2, -0.15) is 5.10 Å². The SMILES string of the molecule is O=C(Nc1ccn(Cc2ccc(F)cc2)n1)c1ccccc1[N+](=O)[O-]. The summed E-state index contributed by atoms with van der Waals surface area (Å²) in [6.07, 6.45) is 1.65. The zero-order chi connectivity index (χ0) is 17.8. The number of carbonyl (C=O) groups is 1. The third kappa shape index (κ3) is 3.86. The lowest BCUT2D eigenvalue weighted by molar-refractivity contribution is -0.385. The zero-order valence-electron chi connectivity index (χ0n) is 12.9. The minimum Gasteiger partial charge on any atom is -0.305 e. The summed E-state index contributed by atoms with van der Waals surface area (Å²) in [4.78, 5) is 22.6. The van der Waals surface area contributed by atoms with E-state index in [0.29, 0.717) is 6.54 Å². The van der Waals surface area contributed by atoms with Gasteiger partial charge in [0.05, 0.1) is 11.5 Å². The van der Waals surface area contributed by atoms with E-state index in [1.54, 1.807) is 35.1 Å². The average molecular weight is 340 g/mol. The summed E-state index contributed by atoms with van der Waals surface area (Å²) in [5.41, 5.74) is 0.535. The first-order valence-electron chi connectivity index (χ1n) is 7.35. The second-order valence-corrected chi connectivity index (χ2v) is 5.25. The number of halogens is 1. The van der Waals surface area contributed by atoms with E-state index in [4.69, 9.17) is 0 Å². The van der Waals surface area contributed by atoms with Crippen LogP contribution in [-0.2, 0) is 6.54 Å². The van der Waals surface area contributed by atoms with Crippen molar-refractivity contribution < 1.29 is 14.1 Å². The third-order valence-corrected chi connectivity index (χ3v) is 3.49. The fraction of sp³-hybridized carbons (Fsp3) is 0.0588. The summed E-state index contributed by atoms with van der Waals surface area (Å²) in [5, 5.41) is 17.7. The van der Waals surface area contributed by atoms with Crippen molar-refractivity contribution in [2.24, 2.45) is 0 Å². The Balaban J connectivity index is 1.72. The molecule has 0 aliphatic rings. The highest BCUT2D eigenvalue weighted by Crippen LogP contribution is 2.19. The fourth-order valence-corrected chi connectivity index (χ4v) is 2.30. The largest absolute Gasteiger partial charge is 0.305 e. The second kappa shape index (κ2) is 6.91. The molecule has 0 radical (unpaired) electrons. The zero-order valence-corrected chi connectivity index (χ0v) is 12.9. The van der Waals surface area contributed by atoms with Gasteiger partial charge >= 0.3 is 0 Å². The van der Waals surface area contributed by atoms with Crippen LogP contribution in [0, 0.1) is 15.9 Å². The highest BCUT2D eigenvalue weighted by Gasteiger charge is 2.19. The van der Waals surface area contributed by atoms with Gasteiger partial charge in [-0.1, -0.05) is 24.3 Å². The maximum atomic E-state index is 12.9. The van der Waals surface area contributed by atoms with E-state index in [-0.39, 0.29) is 22.9 Å². The molecule has 0 spiro atoms. The maximum absolute atomic E-state index is 12.9. The van der Waals surface area contributed by atoms with Crippen LogP contribution in [-0.4, -0.2) is 20.6 Å². The smallest absolute Gasteiger partial charge is 0.282 e. The Morgan fingerprint density at radius 2 is 1.88 bits per heavy atom. The highest BCUT2D eigenvalue weighted by molar-refractivity contribution is 6.06. The fourth-order valence-electron chi connectivity index (χ4n) is 2.30. The minimum absolute atomic E-state index is 0.0411. The Kier molecular flexibility index (Phi) is 4.51. The number of amides is 1. The van der Waals surface area contributed by atoms with Crippen LogP contribution in [0.3, 0.4) is 0 Å². The van der Waals surface area contributed by atoms with E-state index in [2.05, 4.69) is 10.4 Å². The molecule has 0 atom stereocenters. The molecule has 7 nitrogen and oxygen atoms in total. The number of hydrogen-bond acceptors (Lipinski definition) is 4. The van der Waals surface area contributed by atoms with Gasteiger partial charge in [0, 0.05) is 18.3 Å². The Morgan fingerprint density at radius 3 is 2.60 bits per heavy atom. The van der Waals surface area contributed by atoms with Crippen LogP contribution in [0.1, 0.15) is 15.9 Å². The summed E-state index contributed by atoms with van der Waals surface area (Å²) < 4.78 is 14.5. The summed E-state index contributed by atoms with van der Waals surface area (Å²) in [7, 11) is 0. The van der Waals surface area contributed by atoms with Gasteiger partial charge < -0.3 is 5.32 Å². The molecule has 0 unspecified atom stereocenters. The number of nitro benzene ring substituents is 1. The Labute approximate surface area is 141 Å². The maximum Gasteiger partial charge on any atom is 0.282 e. The van der Waals surface area contributed by atoms with Crippen molar-refractivity contribution in [1.29, 1.82) is 0 Å². The van der Waals surface area contributed by atoms with Crippen molar-refractivity contribution in [3.8, 4) is 0 Å². The number of benzene rings is 2. The monoisotopic (exact) mass is 340 g/mol. The second-order valence-electron chi connectivity index (χ2n) is 5.25. The lowest BCUT2D eigenvalue weighted by Gasteiger charge is -2.04. The molecule has 2 aromatic carbocycles. The normalized spacial score (nSPS) is 10.4. The number of aromatic nitrogens is 2. The summed E-state index contributed by atoms with van der Waals surface area (Å²) in [6, 6.07) is 13.3. The van der Waals surface area contributed by atoms with Gasteiger partial charge in [0.1, 0.15) is 11.4 Å². The van der Waals surface area contributed by atoms with Crippen LogP contribution >= 0.6 is 0 Å². The van der Waals surface area contributed by atoms with Crippen molar-refractivity contribution >= 4 is 17.4 Å². The molecule has 1 amide bonds. The predicted molar refractivity (Wildman–Crippen MR) is 88.8 cm³/mol. The molecule has 0 fully saturated rings. The summed E-state index contributed by atoms with van der Waals surface area (Å²) >= 11 is 0. The van der Waals surface area contributed by atoms with Crippen LogP contribution in [0.2, 0.25) is 0 Å². The topological polar surface area (TPSA) is 90.1 Å². The molecule has 1 heterocycles. The molecule has 0 aliphatic heterocycles. The van der Waals surface area contributed by atoms with Crippen molar-refractivity contribution in [2.75, 3.05) is 5.32 Å². The van der Waals surface area contributed by atoms with Gasteiger partial charge in [-0.25, -0.2) is 4.39 Å². The van der Waals surface area contributed by atoms with Crippen molar-refractivity contribution in [2.45, 2.75) is 6.54 Å². The summed E-state index contributed by atoms with van der Waals surface area (Å²) in [6.45, 7) is 0.404. The van der Waals surface area contributed by atoms with Crippen molar-refractivity contribution in [3.05, 3.63) is 87.9 Å². The predicted octanol–water partition coefficient (Wildman–Crippen LogP) is 3.23. The Morgan fingerprint density at radius 1 is 1.16 bits per heavy atom. The molecule has 8 heteroatoms. The van der Waals surface area contributed by atoms with Crippen LogP contribution in [0.4, 0.5) is 15.9 Å². The molecule has 0 saturated carbocycles. The molecule has 1 aromatic heterocycles. The average Bonchev–Trinajstić information content (AvgIpc) is 3.03. The quantitative estimate of drug-likeness (QED) is 0.570. The number of nitro groups is 1. The lowest BCUT2D eigenvalue weighted by Crippen LogP contribution is -2.14. The van der Waals surface area contributed by atoms with Gasteiger partial charge in [-0.3, -0.25) is 19.6 Å². The van der Waals surface area contributed by atoms with Crippen LogP contribution in [0.15, 0.2) is 60.8 Å². The molecule has 25 heavy (non-hydrogen) atoms. The van der Waals surface area contributed by atoms with Crippen molar-refractivity contribution in [1.82, 2.24) is 9.78 Å². The molecule has 126 valence electrons. The van der Waals surface area contributed by atoms with Gasteiger partial charge in [-0.15, -0.1) is 0 Å². The number of rotatable bonds is 5. The Hall–Kier alpha value is -3.55. The van der Waals surface area contributed by atoms with Gasteiger partial charge in [0.15, 0.2) is 5.82 Å². The molecule has 0 aliphatic carbocycles. The molecular formula is C17H13FN4O3. The third-order valence-electron chi connectivity index (χ3n) is 3.49. The van der Waals surface area contributed by atoms with Crippen LogP contribution < -0.4 is 5.32 Å². The van der Waals surface area contributed by atoms with E-state index >= 15 is 0 Å². The van der Waals surface area contributed by atoms with E-state index in [9.17, 15) is 19.3 Å². The van der Waals surface area contributed by atoms with Crippen LogP contribution in [0.5, 0.6) is 0 Å². The Bertz CT molecular complexity index is 922.